The number of benzene rings is 1. The van der Waals surface area contributed by atoms with E-state index in [0.717, 1.165) is 11.6 Å². The third-order valence-electron chi connectivity index (χ3n) is 3.06. The molecule has 2 atom stereocenters. The SMILES string of the molecule is C=CC[C@@](NS(=O)c1ccc(C)cc1)(C(=O)OCC)C(F)(F)F. The summed E-state index contributed by atoms with van der Waals surface area (Å²) in [5.41, 5.74) is -2.25. The summed E-state index contributed by atoms with van der Waals surface area (Å²) in [6.45, 7) is 6.20. The number of rotatable bonds is 7. The van der Waals surface area contributed by atoms with E-state index in [1.165, 1.54) is 19.1 Å². The van der Waals surface area contributed by atoms with Crippen LogP contribution in [-0.4, -0.2) is 28.5 Å². The standard InChI is InChI=1S/C15H18F3NO3S/c1-4-10-14(15(16,17)18,13(20)22-5-2)19-23(21)12-8-6-11(3)7-9-12/h4,6-9,19H,1,5,10H2,2-3H3/t14-,23?/m1/s1. The lowest BCUT2D eigenvalue weighted by atomic mass is 9.96. The van der Waals surface area contributed by atoms with Crippen molar-refractivity contribution in [1.29, 1.82) is 0 Å². The van der Waals surface area contributed by atoms with Gasteiger partial charge in [-0.05, 0) is 26.0 Å². The molecule has 0 aliphatic rings. The second-order valence-corrected chi connectivity index (χ2v) is 6.01. The van der Waals surface area contributed by atoms with E-state index in [1.807, 2.05) is 4.72 Å². The first-order valence-corrected chi connectivity index (χ1v) is 7.94. The molecule has 1 unspecified atom stereocenters. The Morgan fingerprint density at radius 3 is 2.35 bits per heavy atom. The lowest BCUT2D eigenvalue weighted by molar-refractivity contribution is -0.208. The Kier molecular flexibility index (Phi) is 6.52. The van der Waals surface area contributed by atoms with Crippen LogP contribution >= 0.6 is 0 Å². The van der Waals surface area contributed by atoms with Crippen LogP contribution in [0, 0.1) is 6.92 Å². The number of hydrogen-bond donors (Lipinski definition) is 1. The highest BCUT2D eigenvalue weighted by Crippen LogP contribution is 2.35. The quantitative estimate of drug-likeness (QED) is 0.608. The molecular weight excluding hydrogens is 331 g/mol. The molecule has 1 rings (SSSR count). The summed E-state index contributed by atoms with van der Waals surface area (Å²) >= 11 is 0. The van der Waals surface area contributed by atoms with Crippen molar-refractivity contribution in [3.8, 4) is 0 Å². The highest BCUT2D eigenvalue weighted by Gasteiger charge is 2.62. The summed E-state index contributed by atoms with van der Waals surface area (Å²) in [6, 6.07) is 6.08. The van der Waals surface area contributed by atoms with E-state index < -0.39 is 35.1 Å². The molecule has 4 nitrogen and oxygen atoms in total. The second kappa shape index (κ2) is 7.74. The zero-order valence-electron chi connectivity index (χ0n) is 12.8. The molecule has 0 radical (unpaired) electrons. The number of carbonyl (C=O) groups excluding carboxylic acids is 1. The van der Waals surface area contributed by atoms with Crippen LogP contribution in [0.25, 0.3) is 0 Å². The van der Waals surface area contributed by atoms with Gasteiger partial charge in [0, 0.05) is 6.42 Å². The van der Waals surface area contributed by atoms with Crippen LogP contribution in [0.2, 0.25) is 0 Å². The number of halogens is 3. The minimum atomic E-state index is -5.01. The first-order valence-electron chi connectivity index (χ1n) is 6.79. The zero-order valence-corrected chi connectivity index (χ0v) is 13.6. The Bertz CT molecular complexity index is 587. The summed E-state index contributed by atoms with van der Waals surface area (Å²) in [4.78, 5) is 12.1. The molecule has 0 saturated heterocycles. The number of aryl methyl sites for hydroxylation is 1. The predicted molar refractivity (Wildman–Crippen MR) is 81.0 cm³/mol. The molecule has 0 amide bonds. The van der Waals surface area contributed by atoms with Crippen molar-refractivity contribution in [3.63, 3.8) is 0 Å². The zero-order chi connectivity index (χ0) is 17.7. The maximum absolute atomic E-state index is 13.5. The Labute approximate surface area is 135 Å². The van der Waals surface area contributed by atoms with Gasteiger partial charge < -0.3 is 4.74 Å². The molecule has 128 valence electrons. The van der Waals surface area contributed by atoms with Crippen molar-refractivity contribution in [3.05, 3.63) is 42.5 Å². The molecular formula is C15H18F3NO3S. The fraction of sp³-hybridized carbons (Fsp3) is 0.400. The van der Waals surface area contributed by atoms with E-state index in [2.05, 4.69) is 11.3 Å². The van der Waals surface area contributed by atoms with E-state index in [1.54, 1.807) is 19.1 Å². The lowest BCUT2D eigenvalue weighted by Crippen LogP contribution is -2.63. The molecule has 0 heterocycles. The number of esters is 1. The van der Waals surface area contributed by atoms with Gasteiger partial charge in [0.15, 0.2) is 0 Å². The molecule has 1 aromatic rings. The van der Waals surface area contributed by atoms with Crippen molar-refractivity contribution in [2.75, 3.05) is 6.61 Å². The van der Waals surface area contributed by atoms with Gasteiger partial charge in [-0.25, -0.2) is 13.7 Å². The number of carbonyl (C=O) groups is 1. The Morgan fingerprint density at radius 1 is 1.35 bits per heavy atom. The number of nitrogens with one attached hydrogen (secondary N) is 1. The van der Waals surface area contributed by atoms with Crippen molar-refractivity contribution < 1.29 is 26.9 Å². The normalized spacial score (nSPS) is 15.5. The Hall–Kier alpha value is -1.67. The molecule has 0 saturated carbocycles. The van der Waals surface area contributed by atoms with Gasteiger partial charge in [-0.1, -0.05) is 23.8 Å². The van der Waals surface area contributed by atoms with Crippen molar-refractivity contribution in [2.24, 2.45) is 0 Å². The second-order valence-electron chi connectivity index (χ2n) is 4.80. The van der Waals surface area contributed by atoms with Crippen molar-refractivity contribution in [2.45, 2.75) is 36.9 Å². The minimum Gasteiger partial charge on any atom is -0.464 e. The molecule has 0 aliphatic carbocycles. The van der Waals surface area contributed by atoms with Gasteiger partial charge in [-0.2, -0.15) is 13.2 Å². The molecule has 0 bridgehead atoms. The fourth-order valence-corrected chi connectivity index (χ4v) is 2.91. The topological polar surface area (TPSA) is 55.4 Å². The van der Waals surface area contributed by atoms with E-state index in [0.29, 0.717) is 0 Å². The Balaban J connectivity index is 3.23. The van der Waals surface area contributed by atoms with Crippen LogP contribution in [0.15, 0.2) is 41.8 Å². The molecule has 1 N–H and O–H groups in total. The third-order valence-corrected chi connectivity index (χ3v) is 4.29. The van der Waals surface area contributed by atoms with Gasteiger partial charge in [0.1, 0.15) is 11.0 Å². The lowest BCUT2D eigenvalue weighted by Gasteiger charge is -2.32. The summed E-state index contributed by atoms with van der Waals surface area (Å²) < 4.78 is 59.3. The van der Waals surface area contributed by atoms with E-state index in [-0.39, 0.29) is 11.5 Å². The van der Waals surface area contributed by atoms with Gasteiger partial charge in [0.25, 0.3) is 0 Å². The van der Waals surface area contributed by atoms with E-state index >= 15 is 0 Å². The van der Waals surface area contributed by atoms with Gasteiger partial charge in [0.05, 0.1) is 11.5 Å². The van der Waals surface area contributed by atoms with Gasteiger partial charge in [0.2, 0.25) is 5.54 Å². The van der Waals surface area contributed by atoms with E-state index in [9.17, 15) is 22.2 Å². The van der Waals surface area contributed by atoms with Crippen LogP contribution in [0.3, 0.4) is 0 Å². The fourth-order valence-electron chi connectivity index (χ4n) is 1.81. The summed E-state index contributed by atoms with van der Waals surface area (Å²) in [5, 5.41) is 0. The molecule has 0 spiro atoms. The first kappa shape index (κ1) is 19.4. The molecule has 1 aromatic carbocycles. The smallest absolute Gasteiger partial charge is 0.418 e. The van der Waals surface area contributed by atoms with Crippen LogP contribution < -0.4 is 4.72 Å². The maximum Gasteiger partial charge on any atom is 0.418 e. The minimum absolute atomic E-state index is 0.123. The molecule has 23 heavy (non-hydrogen) atoms. The third kappa shape index (κ3) is 4.42. The number of hydrogen-bond acceptors (Lipinski definition) is 3. The maximum atomic E-state index is 13.5. The summed E-state index contributed by atoms with van der Waals surface area (Å²) in [5.74, 6) is -1.53. The summed E-state index contributed by atoms with van der Waals surface area (Å²) in [7, 11) is -2.25. The average Bonchev–Trinajstić information content (AvgIpc) is 2.46. The predicted octanol–water partition coefficient (Wildman–Crippen LogP) is 3.05. The van der Waals surface area contributed by atoms with Crippen molar-refractivity contribution in [1.82, 2.24) is 4.72 Å². The highest BCUT2D eigenvalue weighted by molar-refractivity contribution is 7.83. The molecule has 0 aliphatic heterocycles. The molecule has 8 heteroatoms. The highest BCUT2D eigenvalue weighted by atomic mass is 32.2. The van der Waals surface area contributed by atoms with Crippen LogP contribution in [-0.2, 0) is 20.5 Å². The number of ether oxygens (including phenoxy) is 1. The van der Waals surface area contributed by atoms with Gasteiger partial charge in [-0.3, -0.25) is 0 Å². The molecule has 0 fully saturated rings. The first-order chi connectivity index (χ1) is 10.7. The van der Waals surface area contributed by atoms with Crippen LogP contribution in [0.4, 0.5) is 13.2 Å². The van der Waals surface area contributed by atoms with Gasteiger partial charge in [-0.15, -0.1) is 6.58 Å². The summed E-state index contributed by atoms with van der Waals surface area (Å²) in [6.07, 6.45) is -4.87. The van der Waals surface area contributed by atoms with Crippen LogP contribution in [0.1, 0.15) is 18.9 Å². The number of alkyl halides is 3. The molecule has 0 aromatic heterocycles. The monoisotopic (exact) mass is 349 g/mol. The van der Waals surface area contributed by atoms with Crippen LogP contribution in [0.5, 0.6) is 0 Å². The van der Waals surface area contributed by atoms with E-state index in [4.69, 9.17) is 0 Å². The average molecular weight is 349 g/mol. The van der Waals surface area contributed by atoms with Crippen molar-refractivity contribution >= 4 is 17.0 Å². The largest absolute Gasteiger partial charge is 0.464 e. The van der Waals surface area contributed by atoms with Gasteiger partial charge >= 0.3 is 12.1 Å². The Morgan fingerprint density at radius 2 is 1.91 bits per heavy atom.